The van der Waals surface area contributed by atoms with E-state index in [1.165, 1.54) is 0 Å². The summed E-state index contributed by atoms with van der Waals surface area (Å²) in [5, 5.41) is 12.0. The van der Waals surface area contributed by atoms with E-state index in [2.05, 4.69) is 25.5 Å². The summed E-state index contributed by atoms with van der Waals surface area (Å²) in [6.45, 7) is 0. The molecule has 0 spiro atoms. The molecule has 0 radical (unpaired) electrons. The molecule has 0 unspecified atom stereocenters. The summed E-state index contributed by atoms with van der Waals surface area (Å²) in [5.74, 6) is 0.446. The summed E-state index contributed by atoms with van der Waals surface area (Å²) in [4.78, 5) is 21.8. The van der Waals surface area contributed by atoms with Gasteiger partial charge in [-0.15, -0.1) is 10.2 Å². The van der Waals surface area contributed by atoms with Crippen molar-refractivity contribution in [3.05, 3.63) is 91.0 Å². The zero-order valence-corrected chi connectivity index (χ0v) is 16.7. The second-order valence-electron chi connectivity index (χ2n) is 7.12. The van der Waals surface area contributed by atoms with Gasteiger partial charge in [-0.1, -0.05) is 30.3 Å². The van der Waals surface area contributed by atoms with Crippen molar-refractivity contribution in [2.75, 3.05) is 5.32 Å². The Bertz CT molecular complexity index is 1410. The number of hydrogen-bond donors (Lipinski definition) is 1. The maximum Gasteiger partial charge on any atom is 0.274 e. The van der Waals surface area contributed by atoms with Crippen LogP contribution < -0.4 is 5.32 Å². The van der Waals surface area contributed by atoms with Gasteiger partial charge in [0.15, 0.2) is 5.82 Å². The van der Waals surface area contributed by atoms with Gasteiger partial charge in [-0.05, 0) is 42.5 Å². The average Bonchev–Trinajstić information content (AvgIpc) is 3.25. The van der Waals surface area contributed by atoms with E-state index in [4.69, 9.17) is 0 Å². The van der Waals surface area contributed by atoms with E-state index in [1.807, 2.05) is 78.3 Å². The number of carbonyl (C=O) groups is 1. The van der Waals surface area contributed by atoms with Crippen LogP contribution in [0.1, 0.15) is 10.5 Å². The van der Waals surface area contributed by atoms with Crippen molar-refractivity contribution in [1.29, 1.82) is 0 Å². The summed E-state index contributed by atoms with van der Waals surface area (Å²) in [6, 6.07) is 22.8. The number of carbonyl (C=O) groups excluding carboxylic acids is 1. The first-order chi connectivity index (χ1) is 15.2. The Morgan fingerprint density at radius 2 is 1.84 bits per heavy atom. The van der Waals surface area contributed by atoms with Crippen LogP contribution in [-0.4, -0.2) is 30.6 Å². The van der Waals surface area contributed by atoms with Gasteiger partial charge in [0.05, 0.1) is 11.2 Å². The van der Waals surface area contributed by atoms with Gasteiger partial charge in [-0.3, -0.25) is 9.78 Å². The van der Waals surface area contributed by atoms with Crippen LogP contribution in [0.25, 0.3) is 33.5 Å². The molecule has 0 atom stereocenters. The first kappa shape index (κ1) is 18.6. The van der Waals surface area contributed by atoms with Crippen molar-refractivity contribution in [2.24, 2.45) is 7.05 Å². The SMILES string of the molecule is Cn1cnnc1-c1cccc(NC(=O)c2cccc(-c3ccc4ncccc4c3)n2)c1. The third-order valence-electron chi connectivity index (χ3n) is 4.97. The van der Waals surface area contributed by atoms with Gasteiger partial charge in [0.25, 0.3) is 5.91 Å². The molecule has 5 aromatic rings. The van der Waals surface area contributed by atoms with Crippen LogP contribution >= 0.6 is 0 Å². The van der Waals surface area contributed by atoms with Crippen molar-refractivity contribution in [2.45, 2.75) is 0 Å². The molecule has 2 aromatic carbocycles. The molecule has 0 saturated carbocycles. The average molecular weight is 406 g/mol. The number of benzene rings is 2. The van der Waals surface area contributed by atoms with Crippen molar-refractivity contribution in [3.63, 3.8) is 0 Å². The van der Waals surface area contributed by atoms with E-state index < -0.39 is 0 Å². The Kier molecular flexibility index (Phi) is 4.68. The first-order valence-electron chi connectivity index (χ1n) is 9.75. The maximum atomic E-state index is 12.9. The van der Waals surface area contributed by atoms with Gasteiger partial charge in [-0.25, -0.2) is 4.98 Å². The standard InChI is InChI=1S/C24H18N6O/c1-30-15-26-29-23(30)18-5-2-7-19(14-18)27-24(31)22-9-3-8-21(28-22)17-10-11-20-16(13-17)6-4-12-25-20/h2-15H,1H3,(H,27,31). The fraction of sp³-hybridized carbons (Fsp3) is 0.0417. The van der Waals surface area contributed by atoms with Gasteiger partial charge in [0, 0.05) is 35.4 Å². The molecule has 150 valence electrons. The fourth-order valence-corrected chi connectivity index (χ4v) is 3.43. The minimum absolute atomic E-state index is 0.278. The Balaban J connectivity index is 1.41. The molecule has 31 heavy (non-hydrogen) atoms. The second kappa shape index (κ2) is 7.79. The third-order valence-corrected chi connectivity index (χ3v) is 4.97. The highest BCUT2D eigenvalue weighted by atomic mass is 16.1. The van der Waals surface area contributed by atoms with Gasteiger partial charge >= 0.3 is 0 Å². The molecule has 0 aliphatic heterocycles. The molecular weight excluding hydrogens is 388 g/mol. The second-order valence-corrected chi connectivity index (χ2v) is 7.12. The number of fused-ring (bicyclic) bond motifs is 1. The van der Waals surface area contributed by atoms with Crippen LogP contribution in [-0.2, 0) is 7.05 Å². The lowest BCUT2D eigenvalue weighted by molar-refractivity contribution is 0.102. The molecule has 1 N–H and O–H groups in total. The van der Waals surface area contributed by atoms with Crippen molar-refractivity contribution in [3.8, 4) is 22.6 Å². The zero-order chi connectivity index (χ0) is 21.2. The van der Waals surface area contributed by atoms with Gasteiger partial charge in [-0.2, -0.15) is 0 Å². The number of rotatable bonds is 4. The molecule has 0 fully saturated rings. The Hall–Kier alpha value is -4.39. The smallest absolute Gasteiger partial charge is 0.274 e. The Morgan fingerprint density at radius 1 is 0.935 bits per heavy atom. The quantitative estimate of drug-likeness (QED) is 0.480. The van der Waals surface area contributed by atoms with Crippen LogP contribution in [0, 0.1) is 0 Å². The van der Waals surface area contributed by atoms with Crippen molar-refractivity contribution >= 4 is 22.5 Å². The van der Waals surface area contributed by atoms with E-state index in [1.54, 1.807) is 18.6 Å². The number of anilines is 1. The highest BCUT2D eigenvalue weighted by Gasteiger charge is 2.11. The maximum absolute atomic E-state index is 12.9. The summed E-state index contributed by atoms with van der Waals surface area (Å²) >= 11 is 0. The summed E-state index contributed by atoms with van der Waals surface area (Å²) in [5.41, 5.74) is 4.44. The number of nitrogens with zero attached hydrogens (tertiary/aromatic N) is 5. The molecule has 0 bridgehead atoms. The van der Waals surface area contributed by atoms with E-state index in [9.17, 15) is 4.79 Å². The zero-order valence-electron chi connectivity index (χ0n) is 16.7. The molecule has 0 aliphatic rings. The topological polar surface area (TPSA) is 85.6 Å². The normalized spacial score (nSPS) is 10.9. The van der Waals surface area contributed by atoms with E-state index in [-0.39, 0.29) is 5.91 Å². The van der Waals surface area contributed by atoms with Crippen LogP contribution in [0.3, 0.4) is 0 Å². The predicted molar refractivity (Wildman–Crippen MR) is 119 cm³/mol. The van der Waals surface area contributed by atoms with Gasteiger partial charge in [0.1, 0.15) is 12.0 Å². The lowest BCUT2D eigenvalue weighted by Gasteiger charge is -2.08. The van der Waals surface area contributed by atoms with E-state index in [0.29, 0.717) is 11.4 Å². The number of nitrogens with one attached hydrogen (secondary N) is 1. The van der Waals surface area contributed by atoms with Crippen molar-refractivity contribution in [1.82, 2.24) is 24.7 Å². The van der Waals surface area contributed by atoms with Crippen LogP contribution in [0.2, 0.25) is 0 Å². The monoisotopic (exact) mass is 406 g/mol. The van der Waals surface area contributed by atoms with Crippen molar-refractivity contribution < 1.29 is 4.79 Å². The van der Waals surface area contributed by atoms with Crippen LogP contribution in [0.4, 0.5) is 5.69 Å². The Labute approximate surface area is 178 Å². The molecule has 7 nitrogen and oxygen atoms in total. The summed E-state index contributed by atoms with van der Waals surface area (Å²) in [6.07, 6.45) is 3.41. The third kappa shape index (κ3) is 3.76. The number of amides is 1. The largest absolute Gasteiger partial charge is 0.321 e. The van der Waals surface area contributed by atoms with Crippen LogP contribution in [0.5, 0.6) is 0 Å². The molecule has 7 heteroatoms. The molecule has 0 aliphatic carbocycles. The first-order valence-corrected chi connectivity index (χ1v) is 9.75. The summed E-state index contributed by atoms with van der Waals surface area (Å²) in [7, 11) is 1.87. The highest BCUT2D eigenvalue weighted by molar-refractivity contribution is 6.03. The number of pyridine rings is 2. The van der Waals surface area contributed by atoms with Crippen LogP contribution in [0.15, 0.2) is 85.3 Å². The van der Waals surface area contributed by atoms with E-state index in [0.717, 1.165) is 33.5 Å². The lowest BCUT2D eigenvalue weighted by atomic mass is 10.1. The number of aromatic nitrogens is 5. The molecule has 3 heterocycles. The minimum Gasteiger partial charge on any atom is -0.321 e. The minimum atomic E-state index is -0.278. The van der Waals surface area contributed by atoms with Gasteiger partial charge in [0.2, 0.25) is 0 Å². The Morgan fingerprint density at radius 3 is 2.71 bits per heavy atom. The van der Waals surface area contributed by atoms with Gasteiger partial charge < -0.3 is 9.88 Å². The fourth-order valence-electron chi connectivity index (χ4n) is 3.43. The highest BCUT2D eigenvalue weighted by Crippen LogP contribution is 2.23. The summed E-state index contributed by atoms with van der Waals surface area (Å²) < 4.78 is 1.82. The lowest BCUT2D eigenvalue weighted by Crippen LogP contribution is -2.14. The molecule has 3 aromatic heterocycles. The van der Waals surface area contributed by atoms with E-state index >= 15 is 0 Å². The number of hydrogen-bond acceptors (Lipinski definition) is 5. The molecular formula is C24H18N6O. The molecule has 5 rings (SSSR count). The molecule has 0 saturated heterocycles. The predicted octanol–water partition coefficient (Wildman–Crippen LogP) is 4.34. The molecule has 1 amide bonds. The number of aryl methyl sites for hydroxylation is 1.